The topological polar surface area (TPSA) is 147 Å². The molecule has 0 amide bonds. The Labute approximate surface area is 116 Å². The summed E-state index contributed by atoms with van der Waals surface area (Å²) in [6, 6.07) is -1.03. The molecule has 0 saturated carbocycles. The van der Waals surface area contributed by atoms with Crippen LogP contribution in [-0.2, 0) is 19.9 Å². The number of rotatable bonds is 2. The highest BCUT2D eigenvalue weighted by Crippen LogP contribution is 2.27. The number of sulfone groups is 1. The molecule has 0 aromatic heterocycles. The van der Waals surface area contributed by atoms with Gasteiger partial charge in [0.25, 0.3) is 0 Å². The summed E-state index contributed by atoms with van der Waals surface area (Å²) in [6.07, 6.45) is 1.10. The summed E-state index contributed by atoms with van der Waals surface area (Å²) in [7, 11) is -6.47. The van der Waals surface area contributed by atoms with Gasteiger partial charge in [-0.15, -0.1) is 0 Å². The van der Waals surface area contributed by atoms with E-state index in [-0.39, 0.29) is 10.7 Å². The fraction of sp³-hybridized carbons (Fsp3) is 0.750. The van der Waals surface area contributed by atoms with E-state index in [1.54, 1.807) is 0 Å². The van der Waals surface area contributed by atoms with Crippen LogP contribution in [0.4, 0.5) is 0 Å². The number of thioether (sulfide) groups is 1. The van der Waals surface area contributed by atoms with Gasteiger partial charge in [0, 0.05) is 0 Å². The van der Waals surface area contributed by atoms with E-state index in [1.807, 2.05) is 0 Å². The Morgan fingerprint density at radius 1 is 1.53 bits per heavy atom. The van der Waals surface area contributed by atoms with E-state index in [4.69, 9.17) is 5.14 Å². The van der Waals surface area contributed by atoms with Gasteiger partial charge in [0.1, 0.15) is 15.1 Å². The van der Waals surface area contributed by atoms with Gasteiger partial charge in [-0.3, -0.25) is 0 Å². The van der Waals surface area contributed by atoms with Crippen LogP contribution in [0.3, 0.4) is 0 Å². The molecule has 0 aromatic carbocycles. The highest BCUT2D eigenvalue weighted by molar-refractivity contribution is 8.23. The summed E-state index contributed by atoms with van der Waals surface area (Å²) < 4.78 is 45.7. The largest absolute Gasteiger partial charge is 0.364 e. The highest BCUT2D eigenvalue weighted by atomic mass is 32.3. The van der Waals surface area contributed by atoms with Gasteiger partial charge >= 0.3 is 0 Å². The van der Waals surface area contributed by atoms with E-state index in [1.165, 1.54) is 13.1 Å². The molecule has 0 aromatic rings. The molecule has 1 unspecified atom stereocenters. The van der Waals surface area contributed by atoms with Crippen molar-refractivity contribution >= 4 is 31.6 Å². The number of hydrogen-bond donors (Lipinski definition) is 4. The van der Waals surface area contributed by atoms with Crippen LogP contribution < -0.4 is 10.5 Å². The first-order chi connectivity index (χ1) is 8.48. The van der Waals surface area contributed by atoms with Crippen LogP contribution in [0.15, 0.2) is 10.3 Å². The summed E-state index contributed by atoms with van der Waals surface area (Å²) in [5.41, 5.74) is 0. The van der Waals surface area contributed by atoms with Crippen LogP contribution in [0.25, 0.3) is 0 Å². The molecule has 1 aliphatic rings. The Morgan fingerprint density at radius 3 is 2.58 bits per heavy atom. The fourth-order valence-corrected chi connectivity index (χ4v) is 5.62. The molecule has 1 rings (SSSR count). The lowest BCUT2D eigenvalue weighted by molar-refractivity contribution is -0.162. The maximum absolute atomic E-state index is 11.7. The number of nitrogens with two attached hydrogens (primary N) is 1. The van der Waals surface area contributed by atoms with E-state index >= 15 is 0 Å². The molecule has 19 heavy (non-hydrogen) atoms. The number of nitrogens with one attached hydrogen (secondary N) is 1. The SMILES string of the molecule is CNC1CC=C(S(N)(=O)=O)SCS(=O)(=O)CC1(O)O. The summed E-state index contributed by atoms with van der Waals surface area (Å²) >= 11 is 0.548. The summed E-state index contributed by atoms with van der Waals surface area (Å²) in [4.78, 5) is 0. The van der Waals surface area contributed by atoms with Crippen molar-refractivity contribution < 1.29 is 27.0 Å². The van der Waals surface area contributed by atoms with Crippen LogP contribution in [0.2, 0.25) is 0 Å². The van der Waals surface area contributed by atoms with E-state index in [9.17, 15) is 27.0 Å². The standard InChI is InChI=1S/C8H16N2O6S3/c1-10-6-2-3-7(19(9,15)16)17-5-18(13,14)4-8(6,11)12/h3,6,10-12H,2,4-5H2,1H3,(H2,9,15,16). The summed E-state index contributed by atoms with van der Waals surface area (Å²) in [6.45, 7) is 0. The Kier molecular flexibility index (Phi) is 5.04. The molecule has 0 bridgehead atoms. The van der Waals surface area contributed by atoms with E-state index in [0.29, 0.717) is 11.8 Å². The minimum atomic E-state index is -4.03. The minimum Gasteiger partial charge on any atom is -0.364 e. The zero-order chi connectivity index (χ0) is 14.9. The number of primary sulfonamides is 1. The molecular formula is C8H16N2O6S3. The van der Waals surface area contributed by atoms with Gasteiger partial charge in [0.2, 0.25) is 10.0 Å². The van der Waals surface area contributed by atoms with Gasteiger partial charge in [0.05, 0.1) is 6.04 Å². The zero-order valence-electron chi connectivity index (χ0n) is 10.1. The van der Waals surface area contributed by atoms with Crippen molar-refractivity contribution in [1.82, 2.24) is 5.32 Å². The molecule has 0 radical (unpaired) electrons. The minimum absolute atomic E-state index is 0.0855. The quantitative estimate of drug-likeness (QED) is 0.420. The predicted octanol–water partition coefficient (Wildman–Crippen LogP) is -2.11. The lowest BCUT2D eigenvalue weighted by atomic mass is 10.1. The normalized spacial score (nSPS) is 27.8. The smallest absolute Gasteiger partial charge is 0.243 e. The van der Waals surface area contributed by atoms with Crippen LogP contribution in [0, 0.1) is 0 Å². The number of aliphatic hydroxyl groups is 2. The van der Waals surface area contributed by atoms with E-state index < -0.39 is 42.5 Å². The molecule has 0 aliphatic carbocycles. The average Bonchev–Trinajstić information content (AvgIpc) is 2.22. The van der Waals surface area contributed by atoms with Crippen molar-refractivity contribution in [3.05, 3.63) is 10.3 Å². The lowest BCUT2D eigenvalue weighted by Crippen LogP contribution is -2.53. The molecule has 0 saturated heterocycles. The molecule has 112 valence electrons. The van der Waals surface area contributed by atoms with Gasteiger partial charge in [0.15, 0.2) is 15.6 Å². The average molecular weight is 332 g/mol. The van der Waals surface area contributed by atoms with Gasteiger partial charge in [-0.1, -0.05) is 17.8 Å². The molecule has 8 nitrogen and oxygen atoms in total. The molecule has 0 spiro atoms. The lowest BCUT2D eigenvalue weighted by Gasteiger charge is -2.29. The van der Waals surface area contributed by atoms with Crippen LogP contribution in [0.5, 0.6) is 0 Å². The Bertz CT molecular complexity index is 565. The van der Waals surface area contributed by atoms with Crippen LogP contribution >= 0.6 is 11.8 Å². The first-order valence-corrected chi connectivity index (χ1v) is 9.51. The Hall–Kier alpha value is -0.170. The van der Waals surface area contributed by atoms with Crippen LogP contribution in [-0.4, -0.2) is 56.8 Å². The maximum Gasteiger partial charge on any atom is 0.243 e. The van der Waals surface area contributed by atoms with Crippen molar-refractivity contribution in [2.75, 3.05) is 17.9 Å². The number of likely N-dealkylation sites (N-methyl/N-ethyl adjacent to an activating group) is 1. The number of sulfonamides is 1. The Morgan fingerprint density at radius 2 is 2.11 bits per heavy atom. The molecule has 0 fully saturated rings. The third kappa shape index (κ3) is 4.70. The molecule has 1 aliphatic heterocycles. The van der Waals surface area contributed by atoms with Crippen molar-refractivity contribution in [3.63, 3.8) is 0 Å². The molecular weight excluding hydrogens is 316 g/mol. The van der Waals surface area contributed by atoms with Gasteiger partial charge in [-0.2, -0.15) is 0 Å². The fourth-order valence-electron chi connectivity index (χ4n) is 1.62. The molecule has 1 atom stereocenters. The predicted molar refractivity (Wildman–Crippen MR) is 72.1 cm³/mol. The van der Waals surface area contributed by atoms with Crippen molar-refractivity contribution in [1.29, 1.82) is 0 Å². The van der Waals surface area contributed by atoms with Crippen molar-refractivity contribution in [2.24, 2.45) is 5.14 Å². The van der Waals surface area contributed by atoms with E-state index in [0.717, 1.165) is 0 Å². The maximum atomic E-state index is 11.7. The number of hydrogen-bond acceptors (Lipinski definition) is 8. The third-order valence-corrected chi connectivity index (χ3v) is 7.52. The van der Waals surface area contributed by atoms with Crippen molar-refractivity contribution in [3.8, 4) is 0 Å². The first-order valence-electron chi connectivity index (χ1n) is 5.16. The third-order valence-electron chi connectivity index (χ3n) is 2.52. The second-order valence-corrected chi connectivity index (χ2v) is 9.41. The second-order valence-electron chi connectivity index (χ2n) is 4.17. The van der Waals surface area contributed by atoms with Gasteiger partial charge in [-0.25, -0.2) is 22.0 Å². The molecule has 1 heterocycles. The Balaban J connectivity index is 3.23. The van der Waals surface area contributed by atoms with Crippen molar-refractivity contribution in [2.45, 2.75) is 18.2 Å². The summed E-state index contributed by atoms with van der Waals surface area (Å²) in [5.74, 6) is -3.37. The van der Waals surface area contributed by atoms with Gasteiger partial charge < -0.3 is 15.5 Å². The second kappa shape index (κ2) is 5.68. The highest BCUT2D eigenvalue weighted by Gasteiger charge is 2.39. The zero-order valence-corrected chi connectivity index (χ0v) is 12.6. The molecule has 5 N–H and O–H groups in total. The monoisotopic (exact) mass is 332 g/mol. The first kappa shape index (κ1) is 16.9. The molecule has 11 heteroatoms. The van der Waals surface area contributed by atoms with Gasteiger partial charge in [-0.05, 0) is 13.5 Å². The van der Waals surface area contributed by atoms with E-state index in [2.05, 4.69) is 5.32 Å². The van der Waals surface area contributed by atoms with Crippen LogP contribution in [0.1, 0.15) is 6.42 Å². The summed E-state index contributed by atoms with van der Waals surface area (Å²) in [5, 5.41) is 26.5.